The molecule has 1 fully saturated rings. The summed E-state index contributed by atoms with van der Waals surface area (Å²) in [6.45, 7) is 6.61. The molecule has 3 nitrogen and oxygen atoms in total. The summed E-state index contributed by atoms with van der Waals surface area (Å²) >= 11 is 0. The Hall–Kier alpha value is -1.51. The molecule has 1 saturated carbocycles. The summed E-state index contributed by atoms with van der Waals surface area (Å²) < 4.78 is 5.51. The van der Waals surface area contributed by atoms with Crippen LogP contribution in [0.2, 0.25) is 0 Å². The van der Waals surface area contributed by atoms with E-state index in [1.165, 1.54) is 25.7 Å². The van der Waals surface area contributed by atoms with Crippen LogP contribution in [0.5, 0.6) is 0 Å². The second kappa shape index (κ2) is 4.55. The molecular formula is C16H22N2O. The first-order valence-corrected chi connectivity index (χ1v) is 7.18. The second-order valence-electron chi connectivity index (χ2n) is 6.35. The van der Waals surface area contributed by atoms with Gasteiger partial charge in [-0.3, -0.25) is 0 Å². The molecular weight excluding hydrogens is 236 g/mol. The molecule has 1 aliphatic carbocycles. The van der Waals surface area contributed by atoms with Crippen molar-refractivity contribution in [1.82, 2.24) is 4.98 Å². The molecule has 102 valence electrons. The molecule has 1 atom stereocenters. The summed E-state index contributed by atoms with van der Waals surface area (Å²) in [4.78, 5) is 4.40. The van der Waals surface area contributed by atoms with Crippen LogP contribution in [0.4, 0.5) is 5.69 Å². The Morgan fingerprint density at radius 2 is 2.16 bits per heavy atom. The number of aromatic nitrogens is 1. The lowest BCUT2D eigenvalue weighted by Gasteiger charge is -2.39. The highest BCUT2D eigenvalue weighted by atomic mass is 16.3. The monoisotopic (exact) mass is 258 g/mol. The predicted molar refractivity (Wildman–Crippen MR) is 78.4 cm³/mol. The Kier molecular flexibility index (Phi) is 3.00. The van der Waals surface area contributed by atoms with E-state index in [9.17, 15) is 0 Å². The van der Waals surface area contributed by atoms with Crippen molar-refractivity contribution in [1.29, 1.82) is 0 Å². The Balaban J connectivity index is 1.84. The van der Waals surface area contributed by atoms with Gasteiger partial charge in [0.05, 0.1) is 0 Å². The lowest BCUT2D eigenvalue weighted by Crippen LogP contribution is -2.38. The fourth-order valence-corrected chi connectivity index (χ4v) is 3.10. The fraction of sp³-hybridized carbons (Fsp3) is 0.562. The molecule has 2 aromatic rings. The standard InChI is InChI=1S/C16H22N2O/c1-11-17-13-10-12(7-8-14(13)19-11)18-15-6-4-5-9-16(15,2)3/h7-8,10,15,18H,4-6,9H2,1-3H3. The Bertz CT molecular complexity index is 585. The zero-order valence-electron chi connectivity index (χ0n) is 12.0. The molecule has 1 unspecified atom stereocenters. The predicted octanol–water partition coefficient (Wildman–Crippen LogP) is 4.52. The largest absolute Gasteiger partial charge is 0.441 e. The van der Waals surface area contributed by atoms with Crippen LogP contribution in [-0.2, 0) is 0 Å². The van der Waals surface area contributed by atoms with Gasteiger partial charge < -0.3 is 9.73 Å². The molecule has 1 heterocycles. The average molecular weight is 258 g/mol. The number of rotatable bonds is 2. The number of benzene rings is 1. The zero-order chi connectivity index (χ0) is 13.5. The molecule has 1 aliphatic rings. The number of hydrogen-bond acceptors (Lipinski definition) is 3. The molecule has 3 rings (SSSR count). The molecule has 0 radical (unpaired) electrons. The minimum atomic E-state index is 0.368. The molecule has 1 N–H and O–H groups in total. The van der Waals surface area contributed by atoms with Crippen molar-refractivity contribution in [2.45, 2.75) is 52.5 Å². The van der Waals surface area contributed by atoms with E-state index in [4.69, 9.17) is 4.42 Å². The number of nitrogens with one attached hydrogen (secondary N) is 1. The molecule has 0 aliphatic heterocycles. The summed E-state index contributed by atoms with van der Waals surface area (Å²) in [5, 5.41) is 3.69. The highest BCUT2D eigenvalue weighted by molar-refractivity contribution is 5.77. The van der Waals surface area contributed by atoms with Crippen LogP contribution in [0.1, 0.15) is 45.4 Å². The zero-order valence-corrected chi connectivity index (χ0v) is 12.0. The first-order valence-electron chi connectivity index (χ1n) is 7.18. The van der Waals surface area contributed by atoms with Crippen LogP contribution in [0.15, 0.2) is 22.6 Å². The first-order chi connectivity index (χ1) is 9.04. The van der Waals surface area contributed by atoms with Gasteiger partial charge in [-0.2, -0.15) is 0 Å². The van der Waals surface area contributed by atoms with Crippen LogP contribution in [0, 0.1) is 12.3 Å². The van der Waals surface area contributed by atoms with Gasteiger partial charge in [-0.25, -0.2) is 4.98 Å². The normalized spacial score (nSPS) is 22.6. The number of nitrogens with zero attached hydrogens (tertiary/aromatic N) is 1. The van der Waals surface area contributed by atoms with Crippen molar-refractivity contribution >= 4 is 16.8 Å². The van der Waals surface area contributed by atoms with Gasteiger partial charge in [-0.05, 0) is 36.5 Å². The molecule has 19 heavy (non-hydrogen) atoms. The molecule has 3 heteroatoms. The highest BCUT2D eigenvalue weighted by Crippen LogP contribution is 2.37. The minimum absolute atomic E-state index is 0.368. The fourth-order valence-electron chi connectivity index (χ4n) is 3.10. The van der Waals surface area contributed by atoms with Gasteiger partial charge in [0.1, 0.15) is 5.52 Å². The van der Waals surface area contributed by atoms with Gasteiger partial charge in [0.2, 0.25) is 0 Å². The number of fused-ring (bicyclic) bond motifs is 1. The van der Waals surface area contributed by atoms with Gasteiger partial charge in [0.15, 0.2) is 11.5 Å². The van der Waals surface area contributed by atoms with E-state index in [-0.39, 0.29) is 0 Å². The minimum Gasteiger partial charge on any atom is -0.441 e. The topological polar surface area (TPSA) is 38.1 Å². The summed E-state index contributed by atoms with van der Waals surface area (Å²) in [6, 6.07) is 6.74. The third-order valence-corrected chi connectivity index (χ3v) is 4.34. The summed E-state index contributed by atoms with van der Waals surface area (Å²) in [6.07, 6.45) is 5.23. The van der Waals surface area contributed by atoms with E-state index >= 15 is 0 Å². The maximum atomic E-state index is 5.51. The van der Waals surface area contributed by atoms with Crippen molar-refractivity contribution < 1.29 is 4.42 Å². The van der Waals surface area contributed by atoms with E-state index < -0.39 is 0 Å². The maximum Gasteiger partial charge on any atom is 0.192 e. The van der Waals surface area contributed by atoms with Crippen LogP contribution in [0.25, 0.3) is 11.1 Å². The second-order valence-corrected chi connectivity index (χ2v) is 6.35. The third kappa shape index (κ3) is 2.46. The van der Waals surface area contributed by atoms with Crippen molar-refractivity contribution in [3.05, 3.63) is 24.1 Å². The summed E-state index contributed by atoms with van der Waals surface area (Å²) in [5.74, 6) is 0.727. The number of hydrogen-bond donors (Lipinski definition) is 1. The lowest BCUT2D eigenvalue weighted by atomic mass is 9.73. The molecule has 0 amide bonds. The Morgan fingerprint density at radius 1 is 1.32 bits per heavy atom. The number of aryl methyl sites for hydroxylation is 1. The number of anilines is 1. The van der Waals surface area contributed by atoms with Crippen LogP contribution in [0.3, 0.4) is 0 Å². The van der Waals surface area contributed by atoms with Crippen molar-refractivity contribution in [2.24, 2.45) is 5.41 Å². The van der Waals surface area contributed by atoms with Gasteiger partial charge in [0.25, 0.3) is 0 Å². The van der Waals surface area contributed by atoms with Crippen LogP contribution < -0.4 is 5.32 Å². The van der Waals surface area contributed by atoms with E-state index in [1.807, 2.05) is 13.0 Å². The molecule has 1 aromatic heterocycles. The van der Waals surface area contributed by atoms with Crippen molar-refractivity contribution in [2.75, 3.05) is 5.32 Å². The first kappa shape index (κ1) is 12.5. The van der Waals surface area contributed by atoms with Gasteiger partial charge in [-0.1, -0.05) is 26.7 Å². The smallest absolute Gasteiger partial charge is 0.192 e. The molecule has 0 spiro atoms. The maximum absolute atomic E-state index is 5.51. The molecule has 0 bridgehead atoms. The Labute approximate surface area is 114 Å². The van der Waals surface area contributed by atoms with E-state index in [1.54, 1.807) is 0 Å². The Morgan fingerprint density at radius 3 is 2.95 bits per heavy atom. The van der Waals surface area contributed by atoms with Gasteiger partial charge in [0, 0.05) is 18.7 Å². The number of oxazole rings is 1. The van der Waals surface area contributed by atoms with E-state index in [2.05, 4.69) is 36.3 Å². The quantitative estimate of drug-likeness (QED) is 0.860. The van der Waals surface area contributed by atoms with Gasteiger partial charge >= 0.3 is 0 Å². The summed E-state index contributed by atoms with van der Waals surface area (Å²) in [5.41, 5.74) is 3.33. The van der Waals surface area contributed by atoms with Gasteiger partial charge in [-0.15, -0.1) is 0 Å². The molecule has 1 aromatic carbocycles. The van der Waals surface area contributed by atoms with Crippen LogP contribution >= 0.6 is 0 Å². The average Bonchev–Trinajstić information content (AvgIpc) is 2.71. The lowest BCUT2D eigenvalue weighted by molar-refractivity contribution is 0.217. The third-order valence-electron chi connectivity index (χ3n) is 4.34. The summed E-state index contributed by atoms with van der Waals surface area (Å²) in [7, 11) is 0. The van der Waals surface area contributed by atoms with Crippen molar-refractivity contribution in [3.63, 3.8) is 0 Å². The van der Waals surface area contributed by atoms with Crippen LogP contribution in [-0.4, -0.2) is 11.0 Å². The molecule has 0 saturated heterocycles. The highest BCUT2D eigenvalue weighted by Gasteiger charge is 2.31. The van der Waals surface area contributed by atoms with E-state index in [0.717, 1.165) is 22.7 Å². The van der Waals surface area contributed by atoms with E-state index in [0.29, 0.717) is 11.5 Å². The SMILES string of the molecule is Cc1nc2cc(NC3CCCCC3(C)C)ccc2o1. The van der Waals surface area contributed by atoms with Crippen molar-refractivity contribution in [3.8, 4) is 0 Å².